The molecular weight excluding hydrogens is 410 g/mol. The first-order valence-electron chi connectivity index (χ1n) is 9.69. The molecule has 3 aromatic carbocycles. The highest BCUT2D eigenvalue weighted by Crippen LogP contribution is 2.28. The molecule has 0 aliphatic heterocycles. The molecule has 8 heteroatoms. The second-order valence-corrected chi connectivity index (χ2v) is 6.99. The van der Waals surface area contributed by atoms with Gasteiger partial charge in [-0.3, -0.25) is 14.9 Å². The third kappa shape index (κ3) is 3.72. The molecule has 0 fully saturated rings. The Labute approximate surface area is 181 Å². The fourth-order valence-corrected chi connectivity index (χ4v) is 3.31. The van der Waals surface area contributed by atoms with Crippen LogP contribution in [0.2, 0.25) is 0 Å². The van der Waals surface area contributed by atoms with Gasteiger partial charge in [-0.05, 0) is 47.5 Å². The van der Waals surface area contributed by atoms with Gasteiger partial charge in [0.25, 0.3) is 5.91 Å². The SMILES string of the molecule is O=C(Nc1ccc2oc(-c3ccc(-c4ccccc4)cc3)nc2c1)c1ccc([N+](=O)[O-])o1. The van der Waals surface area contributed by atoms with Crippen LogP contribution in [0.3, 0.4) is 0 Å². The van der Waals surface area contributed by atoms with Crippen LogP contribution in [0, 0.1) is 10.1 Å². The summed E-state index contributed by atoms with van der Waals surface area (Å²) < 4.78 is 10.8. The quantitative estimate of drug-likeness (QED) is 0.276. The van der Waals surface area contributed by atoms with E-state index in [0.717, 1.165) is 22.8 Å². The first-order chi connectivity index (χ1) is 15.6. The Hall–Kier alpha value is -4.72. The Morgan fingerprint density at radius 1 is 0.844 bits per heavy atom. The highest BCUT2D eigenvalue weighted by Gasteiger charge is 2.18. The minimum Gasteiger partial charge on any atom is -0.436 e. The average molecular weight is 425 g/mol. The van der Waals surface area contributed by atoms with Crippen LogP contribution >= 0.6 is 0 Å². The Morgan fingerprint density at radius 2 is 1.56 bits per heavy atom. The van der Waals surface area contributed by atoms with Crippen LogP contribution in [0.4, 0.5) is 11.6 Å². The Bertz CT molecular complexity index is 1440. The lowest BCUT2D eigenvalue weighted by molar-refractivity contribution is -0.402. The van der Waals surface area contributed by atoms with Gasteiger partial charge >= 0.3 is 5.88 Å². The van der Waals surface area contributed by atoms with Crippen molar-refractivity contribution in [2.24, 2.45) is 0 Å². The van der Waals surface area contributed by atoms with Crippen LogP contribution < -0.4 is 5.32 Å². The molecular formula is C24H15N3O5. The Kier molecular flexibility index (Phi) is 4.72. The minimum atomic E-state index is -0.702. The summed E-state index contributed by atoms with van der Waals surface area (Å²) in [5, 5.41) is 13.4. The molecule has 0 atom stereocenters. The summed E-state index contributed by atoms with van der Waals surface area (Å²) >= 11 is 0. The van der Waals surface area contributed by atoms with Gasteiger partial charge in [-0.25, -0.2) is 4.98 Å². The highest BCUT2D eigenvalue weighted by atomic mass is 16.6. The molecule has 156 valence electrons. The molecule has 0 aliphatic carbocycles. The molecule has 1 amide bonds. The molecule has 5 rings (SSSR count). The third-order valence-corrected chi connectivity index (χ3v) is 4.88. The van der Waals surface area contributed by atoms with Crippen molar-refractivity contribution in [3.63, 3.8) is 0 Å². The number of carbonyl (C=O) groups excluding carboxylic acids is 1. The lowest BCUT2D eigenvalue weighted by Gasteiger charge is -2.02. The van der Waals surface area contributed by atoms with Crippen LogP contribution in [0.25, 0.3) is 33.7 Å². The number of hydrogen-bond donors (Lipinski definition) is 1. The average Bonchev–Trinajstić information content (AvgIpc) is 3.47. The number of amides is 1. The Balaban J connectivity index is 1.37. The number of nitro groups is 1. The van der Waals surface area contributed by atoms with Gasteiger partial charge in [0.15, 0.2) is 11.3 Å². The van der Waals surface area contributed by atoms with Crippen LogP contribution in [0.5, 0.6) is 0 Å². The number of benzene rings is 3. The fourth-order valence-electron chi connectivity index (χ4n) is 3.31. The number of oxazole rings is 1. The van der Waals surface area contributed by atoms with Crippen LogP contribution in [-0.4, -0.2) is 15.8 Å². The summed E-state index contributed by atoms with van der Waals surface area (Å²) in [5.74, 6) is -0.788. The summed E-state index contributed by atoms with van der Waals surface area (Å²) in [4.78, 5) is 26.8. The number of rotatable bonds is 5. The first kappa shape index (κ1) is 19.3. The van der Waals surface area contributed by atoms with Gasteiger partial charge in [-0.1, -0.05) is 42.5 Å². The topological polar surface area (TPSA) is 111 Å². The van der Waals surface area contributed by atoms with E-state index in [4.69, 9.17) is 8.83 Å². The predicted molar refractivity (Wildman–Crippen MR) is 118 cm³/mol. The van der Waals surface area contributed by atoms with Crippen molar-refractivity contribution in [3.8, 4) is 22.6 Å². The number of carbonyl (C=O) groups is 1. The second-order valence-electron chi connectivity index (χ2n) is 6.99. The highest BCUT2D eigenvalue weighted by molar-refractivity contribution is 6.03. The van der Waals surface area contributed by atoms with Gasteiger partial charge in [0.1, 0.15) is 10.4 Å². The predicted octanol–water partition coefficient (Wildman–Crippen LogP) is 5.92. The number of anilines is 1. The number of nitrogens with zero attached hydrogens (tertiary/aromatic N) is 2. The fraction of sp³-hybridized carbons (Fsp3) is 0. The van der Waals surface area contributed by atoms with Crippen molar-refractivity contribution in [2.45, 2.75) is 0 Å². The van der Waals surface area contributed by atoms with Gasteiger partial charge in [0, 0.05) is 11.3 Å². The summed E-state index contributed by atoms with van der Waals surface area (Å²) in [6, 6.07) is 25.4. The van der Waals surface area contributed by atoms with Crippen LogP contribution in [0.1, 0.15) is 10.6 Å². The number of fused-ring (bicyclic) bond motifs is 1. The number of furan rings is 1. The molecule has 0 saturated carbocycles. The zero-order chi connectivity index (χ0) is 22.1. The zero-order valence-electron chi connectivity index (χ0n) is 16.5. The monoisotopic (exact) mass is 425 g/mol. The Morgan fingerprint density at radius 3 is 2.28 bits per heavy atom. The van der Waals surface area contributed by atoms with E-state index >= 15 is 0 Å². The van der Waals surface area contributed by atoms with E-state index in [9.17, 15) is 14.9 Å². The van der Waals surface area contributed by atoms with Crippen molar-refractivity contribution in [1.82, 2.24) is 4.98 Å². The maximum Gasteiger partial charge on any atom is 0.433 e. The van der Waals surface area contributed by atoms with Crippen molar-refractivity contribution in [1.29, 1.82) is 0 Å². The summed E-state index contributed by atoms with van der Waals surface area (Å²) in [6.45, 7) is 0. The third-order valence-electron chi connectivity index (χ3n) is 4.88. The molecule has 0 aliphatic rings. The van der Waals surface area contributed by atoms with Crippen molar-refractivity contribution < 1.29 is 18.6 Å². The molecule has 0 radical (unpaired) electrons. The molecule has 2 aromatic heterocycles. The summed E-state index contributed by atoms with van der Waals surface area (Å²) in [7, 11) is 0. The standard InChI is InChI=1S/C24H15N3O5/c28-23(21-12-13-22(31-21)27(29)30)25-18-10-11-20-19(14-18)26-24(32-20)17-8-6-16(7-9-17)15-4-2-1-3-5-15/h1-14H,(H,25,28). The number of aromatic nitrogens is 1. The van der Waals surface area contributed by atoms with Gasteiger partial charge in [-0.2, -0.15) is 0 Å². The van der Waals surface area contributed by atoms with E-state index in [-0.39, 0.29) is 5.76 Å². The number of nitrogens with one attached hydrogen (secondary N) is 1. The smallest absolute Gasteiger partial charge is 0.433 e. The maximum absolute atomic E-state index is 12.3. The molecule has 32 heavy (non-hydrogen) atoms. The normalized spacial score (nSPS) is 10.9. The van der Waals surface area contributed by atoms with Crippen LogP contribution in [0.15, 0.2) is 93.8 Å². The molecule has 2 heterocycles. The molecule has 0 spiro atoms. The van der Waals surface area contributed by atoms with Gasteiger partial charge in [0.2, 0.25) is 5.89 Å². The molecule has 0 unspecified atom stereocenters. The van der Waals surface area contributed by atoms with Gasteiger partial charge in [-0.15, -0.1) is 0 Å². The molecule has 8 nitrogen and oxygen atoms in total. The summed E-state index contributed by atoms with van der Waals surface area (Å²) in [6.07, 6.45) is 0. The van der Waals surface area contributed by atoms with E-state index in [2.05, 4.69) is 10.3 Å². The van der Waals surface area contributed by atoms with E-state index in [1.54, 1.807) is 18.2 Å². The van der Waals surface area contributed by atoms with Crippen molar-refractivity contribution in [3.05, 3.63) is 101 Å². The molecule has 5 aromatic rings. The first-order valence-corrected chi connectivity index (χ1v) is 9.69. The van der Waals surface area contributed by atoms with Crippen molar-refractivity contribution in [2.75, 3.05) is 5.32 Å². The van der Waals surface area contributed by atoms with Crippen LogP contribution in [-0.2, 0) is 0 Å². The lowest BCUT2D eigenvalue weighted by Crippen LogP contribution is -2.10. The van der Waals surface area contributed by atoms with E-state index in [1.807, 2.05) is 54.6 Å². The molecule has 1 N–H and O–H groups in total. The minimum absolute atomic E-state index is 0.156. The summed E-state index contributed by atoms with van der Waals surface area (Å²) in [5.41, 5.74) is 4.64. The largest absolute Gasteiger partial charge is 0.436 e. The number of hydrogen-bond acceptors (Lipinski definition) is 6. The molecule has 0 saturated heterocycles. The van der Waals surface area contributed by atoms with E-state index < -0.39 is 16.7 Å². The lowest BCUT2D eigenvalue weighted by atomic mass is 10.0. The van der Waals surface area contributed by atoms with Gasteiger partial charge < -0.3 is 14.2 Å². The molecule has 0 bridgehead atoms. The second kappa shape index (κ2) is 7.84. The zero-order valence-corrected chi connectivity index (χ0v) is 16.5. The van der Waals surface area contributed by atoms with E-state index in [1.165, 1.54) is 6.07 Å². The van der Waals surface area contributed by atoms with Gasteiger partial charge in [0.05, 0.1) is 6.07 Å². The van der Waals surface area contributed by atoms with Crippen molar-refractivity contribution >= 4 is 28.6 Å². The maximum atomic E-state index is 12.3. The van der Waals surface area contributed by atoms with E-state index in [0.29, 0.717) is 22.7 Å².